The summed E-state index contributed by atoms with van der Waals surface area (Å²) >= 11 is 0. The van der Waals surface area contributed by atoms with Crippen LogP contribution in [0.15, 0.2) is 42.9 Å². The highest BCUT2D eigenvalue weighted by molar-refractivity contribution is 5.26. The molecule has 4 heteroatoms. The second-order valence-corrected chi connectivity index (χ2v) is 4.07. The van der Waals surface area contributed by atoms with Crippen LogP contribution in [0, 0.1) is 5.82 Å². The average Bonchev–Trinajstić information content (AvgIpc) is 2.42. The fourth-order valence-electron chi connectivity index (χ4n) is 1.80. The van der Waals surface area contributed by atoms with E-state index in [1.807, 2.05) is 0 Å². The van der Waals surface area contributed by atoms with E-state index in [2.05, 4.69) is 22.2 Å². The molecule has 1 atom stereocenters. The van der Waals surface area contributed by atoms with Gasteiger partial charge in [0.1, 0.15) is 5.82 Å². The maximum Gasteiger partial charge on any atom is 0.123 e. The van der Waals surface area contributed by atoms with Gasteiger partial charge in [-0.1, -0.05) is 19.1 Å². The van der Waals surface area contributed by atoms with Crippen molar-refractivity contribution < 1.29 is 4.39 Å². The molecule has 0 aliphatic carbocycles. The van der Waals surface area contributed by atoms with Crippen molar-refractivity contribution >= 4 is 0 Å². The lowest BCUT2D eigenvalue weighted by atomic mass is 10.0. The molecule has 0 aliphatic heterocycles. The molecule has 0 saturated carbocycles. The van der Waals surface area contributed by atoms with Crippen LogP contribution < -0.4 is 5.32 Å². The van der Waals surface area contributed by atoms with Gasteiger partial charge in [0.15, 0.2) is 0 Å². The standard InChI is InChI=1S/C14H16FN3/c1-2-7-18-14(13-10-16-8-9-17-13)11-3-5-12(15)6-4-11/h3-6,8-10,14,18H,2,7H2,1H3. The third kappa shape index (κ3) is 3.11. The quantitative estimate of drug-likeness (QED) is 0.880. The van der Waals surface area contributed by atoms with Crippen LogP contribution in [0.2, 0.25) is 0 Å². The number of hydrogen-bond acceptors (Lipinski definition) is 3. The summed E-state index contributed by atoms with van der Waals surface area (Å²) in [6, 6.07) is 6.44. The SMILES string of the molecule is CCCNC(c1ccc(F)cc1)c1cnccn1. The Kier molecular flexibility index (Phi) is 4.36. The molecule has 1 aromatic carbocycles. The molecule has 0 amide bonds. The molecule has 1 unspecified atom stereocenters. The van der Waals surface area contributed by atoms with Gasteiger partial charge in [0.2, 0.25) is 0 Å². The fraction of sp³-hybridized carbons (Fsp3) is 0.286. The molecule has 0 spiro atoms. The first-order chi connectivity index (χ1) is 8.81. The van der Waals surface area contributed by atoms with Gasteiger partial charge in [-0.2, -0.15) is 0 Å². The van der Waals surface area contributed by atoms with E-state index in [0.717, 1.165) is 24.2 Å². The molecule has 2 rings (SSSR count). The van der Waals surface area contributed by atoms with E-state index < -0.39 is 0 Å². The van der Waals surface area contributed by atoms with E-state index in [4.69, 9.17) is 0 Å². The molecule has 1 aromatic heterocycles. The predicted molar refractivity (Wildman–Crippen MR) is 68.6 cm³/mol. The van der Waals surface area contributed by atoms with E-state index >= 15 is 0 Å². The summed E-state index contributed by atoms with van der Waals surface area (Å²) in [5.74, 6) is -0.230. The summed E-state index contributed by atoms with van der Waals surface area (Å²) in [5.41, 5.74) is 1.84. The lowest BCUT2D eigenvalue weighted by Gasteiger charge is -2.18. The van der Waals surface area contributed by atoms with Gasteiger partial charge in [0, 0.05) is 12.4 Å². The van der Waals surface area contributed by atoms with Crippen LogP contribution in [0.1, 0.15) is 30.6 Å². The Balaban J connectivity index is 2.27. The average molecular weight is 245 g/mol. The number of nitrogens with zero attached hydrogens (tertiary/aromatic N) is 2. The van der Waals surface area contributed by atoms with Crippen molar-refractivity contribution in [3.8, 4) is 0 Å². The van der Waals surface area contributed by atoms with Crippen LogP contribution in [0.5, 0.6) is 0 Å². The zero-order valence-corrected chi connectivity index (χ0v) is 10.3. The topological polar surface area (TPSA) is 37.8 Å². The number of benzene rings is 1. The largest absolute Gasteiger partial charge is 0.305 e. The van der Waals surface area contributed by atoms with Crippen molar-refractivity contribution in [3.05, 3.63) is 59.9 Å². The van der Waals surface area contributed by atoms with E-state index in [1.54, 1.807) is 30.7 Å². The number of halogens is 1. The minimum absolute atomic E-state index is 0.0424. The Morgan fingerprint density at radius 3 is 2.61 bits per heavy atom. The molecule has 0 fully saturated rings. The fourth-order valence-corrected chi connectivity index (χ4v) is 1.80. The first kappa shape index (κ1) is 12.6. The van der Waals surface area contributed by atoms with Crippen molar-refractivity contribution in [2.24, 2.45) is 0 Å². The predicted octanol–water partition coefficient (Wildman–Crippen LogP) is 2.70. The van der Waals surface area contributed by atoms with Gasteiger partial charge in [0.05, 0.1) is 17.9 Å². The highest BCUT2D eigenvalue weighted by Gasteiger charge is 2.14. The third-order valence-corrected chi connectivity index (χ3v) is 2.68. The molecular formula is C14H16FN3. The van der Waals surface area contributed by atoms with E-state index in [0.29, 0.717) is 0 Å². The normalized spacial score (nSPS) is 12.3. The number of nitrogens with one attached hydrogen (secondary N) is 1. The third-order valence-electron chi connectivity index (χ3n) is 2.68. The first-order valence-electron chi connectivity index (χ1n) is 6.06. The number of aromatic nitrogens is 2. The molecule has 0 aliphatic rings. The second kappa shape index (κ2) is 6.21. The molecule has 94 valence electrons. The molecule has 0 radical (unpaired) electrons. The van der Waals surface area contributed by atoms with Crippen LogP contribution in [0.25, 0.3) is 0 Å². The number of hydrogen-bond donors (Lipinski definition) is 1. The molecule has 0 bridgehead atoms. The maximum absolute atomic E-state index is 13.0. The molecule has 18 heavy (non-hydrogen) atoms. The van der Waals surface area contributed by atoms with Gasteiger partial charge >= 0.3 is 0 Å². The van der Waals surface area contributed by atoms with Crippen molar-refractivity contribution in [1.82, 2.24) is 15.3 Å². The van der Waals surface area contributed by atoms with Gasteiger partial charge in [-0.05, 0) is 30.7 Å². The van der Waals surface area contributed by atoms with Crippen LogP contribution in [0.3, 0.4) is 0 Å². The minimum atomic E-state index is -0.230. The Labute approximate surface area is 106 Å². The molecule has 2 aromatic rings. The summed E-state index contributed by atoms with van der Waals surface area (Å²) in [5, 5.41) is 3.40. The van der Waals surface area contributed by atoms with Crippen molar-refractivity contribution in [2.75, 3.05) is 6.54 Å². The maximum atomic E-state index is 13.0. The van der Waals surface area contributed by atoms with Crippen LogP contribution in [-0.2, 0) is 0 Å². The molecule has 0 saturated heterocycles. The lowest BCUT2D eigenvalue weighted by Crippen LogP contribution is -2.24. The summed E-state index contributed by atoms with van der Waals surface area (Å²) in [4.78, 5) is 8.39. The summed E-state index contributed by atoms with van der Waals surface area (Å²) in [6.45, 7) is 2.98. The van der Waals surface area contributed by atoms with Crippen molar-refractivity contribution in [3.63, 3.8) is 0 Å². The van der Waals surface area contributed by atoms with Gasteiger partial charge in [-0.3, -0.25) is 9.97 Å². The Morgan fingerprint density at radius 1 is 1.22 bits per heavy atom. The van der Waals surface area contributed by atoms with Crippen LogP contribution >= 0.6 is 0 Å². The van der Waals surface area contributed by atoms with E-state index in [9.17, 15) is 4.39 Å². The number of rotatable bonds is 5. The second-order valence-electron chi connectivity index (χ2n) is 4.07. The Morgan fingerprint density at radius 2 is 2.00 bits per heavy atom. The molecular weight excluding hydrogens is 229 g/mol. The van der Waals surface area contributed by atoms with Crippen molar-refractivity contribution in [2.45, 2.75) is 19.4 Å². The Bertz CT molecular complexity index is 470. The molecule has 1 heterocycles. The van der Waals surface area contributed by atoms with E-state index in [1.165, 1.54) is 12.1 Å². The smallest absolute Gasteiger partial charge is 0.123 e. The van der Waals surface area contributed by atoms with Gasteiger partial charge in [-0.25, -0.2) is 4.39 Å². The monoisotopic (exact) mass is 245 g/mol. The van der Waals surface area contributed by atoms with Crippen molar-refractivity contribution in [1.29, 1.82) is 0 Å². The lowest BCUT2D eigenvalue weighted by molar-refractivity contribution is 0.580. The molecule has 1 N–H and O–H groups in total. The summed E-state index contributed by atoms with van der Waals surface area (Å²) < 4.78 is 13.0. The zero-order chi connectivity index (χ0) is 12.8. The summed E-state index contributed by atoms with van der Waals surface area (Å²) in [6.07, 6.45) is 6.07. The first-order valence-corrected chi connectivity index (χ1v) is 6.06. The van der Waals surface area contributed by atoms with Crippen LogP contribution in [0.4, 0.5) is 4.39 Å². The van der Waals surface area contributed by atoms with E-state index in [-0.39, 0.29) is 11.9 Å². The highest BCUT2D eigenvalue weighted by Crippen LogP contribution is 2.19. The minimum Gasteiger partial charge on any atom is -0.305 e. The van der Waals surface area contributed by atoms with Gasteiger partial charge in [0.25, 0.3) is 0 Å². The zero-order valence-electron chi connectivity index (χ0n) is 10.3. The molecule has 3 nitrogen and oxygen atoms in total. The van der Waals surface area contributed by atoms with Gasteiger partial charge < -0.3 is 5.32 Å². The summed E-state index contributed by atoms with van der Waals surface area (Å²) in [7, 11) is 0. The van der Waals surface area contributed by atoms with Gasteiger partial charge in [-0.15, -0.1) is 0 Å². The van der Waals surface area contributed by atoms with Crippen LogP contribution in [-0.4, -0.2) is 16.5 Å². The Hall–Kier alpha value is -1.81. The highest BCUT2D eigenvalue weighted by atomic mass is 19.1.